The minimum absolute atomic E-state index is 0.108. The summed E-state index contributed by atoms with van der Waals surface area (Å²) in [5, 5.41) is 9.52. The molecule has 0 saturated carbocycles. The van der Waals surface area contributed by atoms with Gasteiger partial charge in [-0.3, -0.25) is 23.7 Å². The van der Waals surface area contributed by atoms with E-state index in [1.165, 1.54) is 0 Å². The fourth-order valence-corrected chi connectivity index (χ4v) is 6.02. The van der Waals surface area contributed by atoms with Gasteiger partial charge in [0, 0.05) is 61.7 Å². The van der Waals surface area contributed by atoms with Crippen molar-refractivity contribution in [2.45, 2.75) is 65.5 Å². The molecular weight excluding hydrogens is 616 g/mol. The van der Waals surface area contributed by atoms with Crippen LogP contribution in [0.2, 0.25) is 0 Å². The van der Waals surface area contributed by atoms with Crippen LogP contribution >= 0.6 is 0 Å². The van der Waals surface area contributed by atoms with E-state index in [1.807, 2.05) is 32.9 Å². The topological polar surface area (TPSA) is 168 Å². The van der Waals surface area contributed by atoms with E-state index in [1.54, 1.807) is 40.8 Å². The molecule has 2 bridgehead atoms. The molecule has 256 valence electrons. The summed E-state index contributed by atoms with van der Waals surface area (Å²) in [6, 6.07) is 9.70. The van der Waals surface area contributed by atoms with Crippen molar-refractivity contribution in [2.24, 2.45) is 5.92 Å². The highest BCUT2D eigenvalue weighted by molar-refractivity contribution is 5.99. The number of nitrogens with one attached hydrogen (secondary N) is 4. The lowest BCUT2D eigenvalue weighted by Crippen LogP contribution is -2.50. The molecule has 2 aromatic carbocycles. The zero-order valence-corrected chi connectivity index (χ0v) is 27.9. The second kappa shape index (κ2) is 15.2. The van der Waals surface area contributed by atoms with Crippen LogP contribution in [-0.2, 0) is 16.1 Å². The second-order valence-electron chi connectivity index (χ2n) is 12.3. The SMILES string of the molecule is CC[C@H](C)[C@@H]1NC(=O)CCCN(C(=O)c2oc3cc(OC)ccc3c2C)CCCNC(=O)c2ccc3[nH]c(=O)n(c3c2)CCCNC1=O. The maximum atomic E-state index is 13.9. The van der Waals surface area contributed by atoms with Gasteiger partial charge in [-0.05, 0) is 62.4 Å². The summed E-state index contributed by atoms with van der Waals surface area (Å²) in [5.74, 6) is -0.488. The van der Waals surface area contributed by atoms with E-state index in [0.717, 1.165) is 5.39 Å². The minimum Gasteiger partial charge on any atom is -0.497 e. The third-order valence-electron chi connectivity index (χ3n) is 9.06. The van der Waals surface area contributed by atoms with Gasteiger partial charge in [0.2, 0.25) is 11.8 Å². The first-order valence-corrected chi connectivity index (χ1v) is 16.6. The zero-order valence-electron chi connectivity index (χ0n) is 27.9. The maximum Gasteiger partial charge on any atom is 0.326 e. The van der Waals surface area contributed by atoms with Crippen molar-refractivity contribution in [2.75, 3.05) is 33.3 Å². The van der Waals surface area contributed by atoms with Crippen molar-refractivity contribution in [3.63, 3.8) is 0 Å². The van der Waals surface area contributed by atoms with Gasteiger partial charge < -0.3 is 35.0 Å². The van der Waals surface area contributed by atoms with Crippen molar-refractivity contribution in [1.29, 1.82) is 0 Å². The number of hydrogen-bond acceptors (Lipinski definition) is 7. The number of imidazole rings is 1. The molecule has 2 atom stereocenters. The Balaban J connectivity index is 1.39. The second-order valence-corrected chi connectivity index (χ2v) is 12.3. The lowest BCUT2D eigenvalue weighted by atomic mass is 9.98. The molecule has 13 nitrogen and oxygen atoms in total. The highest BCUT2D eigenvalue weighted by Crippen LogP contribution is 2.29. The Morgan fingerprint density at radius 2 is 1.75 bits per heavy atom. The zero-order chi connectivity index (χ0) is 34.4. The number of amides is 4. The number of aryl methyl sites for hydroxylation is 2. The number of H-pyrrole nitrogens is 1. The van der Waals surface area contributed by atoms with Crippen LogP contribution in [0.5, 0.6) is 5.75 Å². The minimum atomic E-state index is -0.722. The van der Waals surface area contributed by atoms with E-state index in [-0.39, 0.29) is 54.0 Å². The number of methoxy groups -OCH3 is 1. The van der Waals surface area contributed by atoms with Crippen LogP contribution in [0.4, 0.5) is 0 Å². The summed E-state index contributed by atoms with van der Waals surface area (Å²) in [6.45, 7) is 7.18. The van der Waals surface area contributed by atoms with E-state index in [9.17, 15) is 24.0 Å². The Labute approximate surface area is 278 Å². The van der Waals surface area contributed by atoms with Gasteiger partial charge in [0.25, 0.3) is 11.8 Å². The number of carbonyl (C=O) groups is 4. The Morgan fingerprint density at radius 1 is 1.00 bits per heavy atom. The van der Waals surface area contributed by atoms with E-state index < -0.39 is 6.04 Å². The Morgan fingerprint density at radius 3 is 2.52 bits per heavy atom. The van der Waals surface area contributed by atoms with Crippen molar-refractivity contribution in [3.05, 3.63) is 63.8 Å². The third-order valence-corrected chi connectivity index (χ3v) is 9.06. The molecule has 0 unspecified atom stereocenters. The summed E-state index contributed by atoms with van der Waals surface area (Å²) < 4.78 is 12.9. The van der Waals surface area contributed by atoms with Crippen molar-refractivity contribution in [3.8, 4) is 5.75 Å². The van der Waals surface area contributed by atoms with Crippen LogP contribution in [0, 0.1) is 12.8 Å². The summed E-state index contributed by atoms with van der Waals surface area (Å²) in [5.41, 5.74) is 2.52. The molecule has 1 aliphatic heterocycles. The lowest BCUT2D eigenvalue weighted by molar-refractivity contribution is -0.130. The first-order valence-electron chi connectivity index (χ1n) is 16.6. The summed E-state index contributed by atoms with van der Waals surface area (Å²) in [7, 11) is 1.56. The Kier molecular flexibility index (Phi) is 10.9. The fourth-order valence-electron chi connectivity index (χ4n) is 6.02. The van der Waals surface area contributed by atoms with Gasteiger partial charge in [-0.25, -0.2) is 4.79 Å². The number of carbonyl (C=O) groups excluding carboxylic acids is 4. The largest absolute Gasteiger partial charge is 0.497 e. The third kappa shape index (κ3) is 7.56. The number of ether oxygens (including phenoxy) is 1. The predicted molar refractivity (Wildman–Crippen MR) is 181 cm³/mol. The molecule has 0 radical (unpaired) electrons. The molecule has 3 heterocycles. The van der Waals surface area contributed by atoms with Gasteiger partial charge in [0.05, 0.1) is 18.1 Å². The van der Waals surface area contributed by atoms with Crippen LogP contribution < -0.4 is 26.4 Å². The van der Waals surface area contributed by atoms with Gasteiger partial charge in [-0.15, -0.1) is 0 Å². The van der Waals surface area contributed by atoms with E-state index in [0.29, 0.717) is 85.4 Å². The molecule has 4 aromatic rings. The Bertz CT molecular complexity index is 1870. The van der Waals surface area contributed by atoms with Crippen LogP contribution in [0.3, 0.4) is 0 Å². The molecule has 48 heavy (non-hydrogen) atoms. The van der Waals surface area contributed by atoms with Crippen LogP contribution in [0.1, 0.15) is 72.4 Å². The first kappa shape index (κ1) is 34.3. The molecule has 1 aliphatic rings. The van der Waals surface area contributed by atoms with Gasteiger partial charge in [0.1, 0.15) is 17.4 Å². The molecule has 2 aromatic heterocycles. The standard InChI is InChI=1S/C35H44N6O7/c1-5-21(2)30-33(44)37-15-8-18-41-27-19-23(10-13-26(27)38-35(41)46)32(43)36-14-7-17-40(16-6-9-29(42)39-30)34(45)31-22(3)25-12-11-24(47-4)20-28(25)48-31/h10-13,19-21,30H,5-9,14-18H2,1-4H3,(H,36,43)(H,37,44)(H,38,46)(H,39,42)/t21-,30-/m0/s1. The van der Waals surface area contributed by atoms with E-state index in [4.69, 9.17) is 9.15 Å². The number of fused-ring (bicyclic) bond motifs is 2. The number of hydrogen-bond donors (Lipinski definition) is 4. The molecule has 4 amide bonds. The van der Waals surface area contributed by atoms with Gasteiger partial charge in [0.15, 0.2) is 5.76 Å². The molecule has 4 N–H and O–H groups in total. The van der Waals surface area contributed by atoms with Gasteiger partial charge >= 0.3 is 5.69 Å². The molecule has 0 saturated heterocycles. The van der Waals surface area contributed by atoms with E-state index >= 15 is 0 Å². The molecule has 0 spiro atoms. The lowest BCUT2D eigenvalue weighted by Gasteiger charge is -2.24. The smallest absolute Gasteiger partial charge is 0.326 e. The van der Waals surface area contributed by atoms with Crippen LogP contribution in [0.15, 0.2) is 45.6 Å². The number of benzene rings is 2. The molecule has 5 rings (SSSR count). The summed E-state index contributed by atoms with van der Waals surface area (Å²) in [4.78, 5) is 70.4. The monoisotopic (exact) mass is 660 g/mol. The number of nitrogens with zero attached hydrogens (tertiary/aromatic N) is 2. The maximum absolute atomic E-state index is 13.9. The van der Waals surface area contributed by atoms with Crippen LogP contribution in [0.25, 0.3) is 22.0 Å². The number of rotatable bonds is 4. The van der Waals surface area contributed by atoms with Gasteiger partial charge in [-0.1, -0.05) is 20.3 Å². The highest BCUT2D eigenvalue weighted by atomic mass is 16.5. The number of aromatic nitrogens is 2. The molecular formula is C35H44N6O7. The van der Waals surface area contributed by atoms with Crippen molar-refractivity contribution in [1.82, 2.24) is 30.4 Å². The average Bonchev–Trinajstić information content (AvgIpc) is 3.59. The van der Waals surface area contributed by atoms with Gasteiger partial charge in [-0.2, -0.15) is 0 Å². The summed E-state index contributed by atoms with van der Waals surface area (Å²) >= 11 is 0. The summed E-state index contributed by atoms with van der Waals surface area (Å²) in [6.07, 6.45) is 2.07. The van der Waals surface area contributed by atoms with Crippen LogP contribution in [-0.4, -0.2) is 77.4 Å². The molecule has 13 heteroatoms. The highest BCUT2D eigenvalue weighted by Gasteiger charge is 2.27. The first-order chi connectivity index (χ1) is 23.1. The fraction of sp³-hybridized carbons (Fsp3) is 0.457. The van der Waals surface area contributed by atoms with E-state index in [2.05, 4.69) is 20.9 Å². The molecule has 0 aliphatic carbocycles. The Hall–Kier alpha value is -5.07. The normalized spacial score (nSPS) is 18.2. The number of aromatic amines is 1. The average molecular weight is 661 g/mol. The molecule has 0 fully saturated rings. The quantitative estimate of drug-likeness (QED) is 0.260. The van der Waals surface area contributed by atoms with Crippen molar-refractivity contribution >= 4 is 45.6 Å². The van der Waals surface area contributed by atoms with Crippen molar-refractivity contribution < 1.29 is 28.3 Å². The number of furan rings is 1. The predicted octanol–water partition coefficient (Wildman–Crippen LogP) is 3.49.